The monoisotopic (exact) mass is 277 g/mol. The third-order valence-corrected chi connectivity index (χ3v) is 2.36. The van der Waals surface area contributed by atoms with Crippen molar-refractivity contribution in [2.75, 3.05) is 6.54 Å². The number of hydrogen-bond acceptors (Lipinski definition) is 1. The molecule has 0 atom stereocenters. The molecule has 2 N–H and O–H groups in total. The summed E-state index contributed by atoms with van der Waals surface area (Å²) in [7, 11) is 0. The van der Waals surface area contributed by atoms with E-state index in [0.717, 1.165) is 3.57 Å². The molecular formula is C9H9FIN. The van der Waals surface area contributed by atoms with Crippen LogP contribution in [0.5, 0.6) is 0 Å². The molecule has 0 aromatic heterocycles. The minimum atomic E-state index is -0.202. The summed E-state index contributed by atoms with van der Waals surface area (Å²) < 4.78 is 14.0. The molecule has 0 spiro atoms. The second-order valence-electron chi connectivity index (χ2n) is 2.27. The summed E-state index contributed by atoms with van der Waals surface area (Å²) >= 11 is 2.09. The molecule has 0 radical (unpaired) electrons. The average Bonchev–Trinajstić information content (AvgIpc) is 2.04. The van der Waals surface area contributed by atoms with Gasteiger partial charge in [-0.25, -0.2) is 4.39 Å². The van der Waals surface area contributed by atoms with Gasteiger partial charge < -0.3 is 5.73 Å². The maximum absolute atomic E-state index is 13.1. The van der Waals surface area contributed by atoms with E-state index in [2.05, 4.69) is 22.6 Å². The van der Waals surface area contributed by atoms with Crippen molar-refractivity contribution < 1.29 is 4.39 Å². The highest BCUT2D eigenvalue weighted by molar-refractivity contribution is 14.1. The van der Waals surface area contributed by atoms with E-state index < -0.39 is 0 Å². The zero-order valence-corrected chi connectivity index (χ0v) is 8.58. The number of halogens is 2. The first-order valence-electron chi connectivity index (χ1n) is 3.56. The SMILES string of the molecule is NCC=Cc1c(F)cccc1I. The van der Waals surface area contributed by atoms with Gasteiger partial charge in [0.1, 0.15) is 5.82 Å². The zero-order chi connectivity index (χ0) is 8.97. The molecule has 1 aromatic rings. The second-order valence-corrected chi connectivity index (χ2v) is 3.44. The van der Waals surface area contributed by atoms with Crippen LogP contribution in [-0.4, -0.2) is 6.54 Å². The second kappa shape index (κ2) is 4.57. The molecule has 0 saturated carbocycles. The Bertz CT molecular complexity index is 276. The maximum atomic E-state index is 13.1. The highest BCUT2D eigenvalue weighted by Crippen LogP contribution is 2.16. The zero-order valence-electron chi connectivity index (χ0n) is 6.43. The van der Waals surface area contributed by atoms with E-state index in [1.54, 1.807) is 18.2 Å². The lowest BCUT2D eigenvalue weighted by atomic mass is 10.2. The Morgan fingerprint density at radius 2 is 2.25 bits per heavy atom. The Labute approximate surface area is 84.6 Å². The fourth-order valence-corrected chi connectivity index (χ4v) is 1.50. The van der Waals surface area contributed by atoms with E-state index in [4.69, 9.17) is 5.73 Å². The standard InChI is InChI=1S/C9H9FIN/c10-8-4-1-5-9(11)7(8)3-2-6-12/h1-5H,6,12H2. The third-order valence-electron chi connectivity index (χ3n) is 1.42. The van der Waals surface area contributed by atoms with Crippen molar-refractivity contribution in [2.45, 2.75) is 0 Å². The van der Waals surface area contributed by atoms with Crippen LogP contribution in [0.3, 0.4) is 0 Å². The van der Waals surface area contributed by atoms with Crippen molar-refractivity contribution >= 4 is 28.7 Å². The Hall–Kier alpha value is -0.420. The molecule has 3 heteroatoms. The first-order valence-corrected chi connectivity index (χ1v) is 4.64. The molecule has 0 aliphatic carbocycles. The van der Waals surface area contributed by atoms with Gasteiger partial charge >= 0.3 is 0 Å². The lowest BCUT2D eigenvalue weighted by Gasteiger charge is -1.98. The lowest BCUT2D eigenvalue weighted by molar-refractivity contribution is 0.624. The Kier molecular flexibility index (Phi) is 3.68. The molecule has 1 nitrogen and oxygen atoms in total. The first-order chi connectivity index (χ1) is 5.75. The fraction of sp³-hybridized carbons (Fsp3) is 0.111. The molecule has 0 fully saturated rings. The van der Waals surface area contributed by atoms with Gasteiger partial charge in [-0.1, -0.05) is 18.2 Å². The van der Waals surface area contributed by atoms with Gasteiger partial charge in [0.25, 0.3) is 0 Å². The first kappa shape index (κ1) is 9.67. The minimum Gasteiger partial charge on any atom is -0.327 e. The molecular weight excluding hydrogens is 268 g/mol. The van der Waals surface area contributed by atoms with Crippen LogP contribution >= 0.6 is 22.6 Å². The van der Waals surface area contributed by atoms with Crippen molar-refractivity contribution in [1.82, 2.24) is 0 Å². The molecule has 0 aliphatic heterocycles. The van der Waals surface area contributed by atoms with Crippen molar-refractivity contribution in [3.05, 3.63) is 39.2 Å². The van der Waals surface area contributed by atoms with E-state index >= 15 is 0 Å². The summed E-state index contributed by atoms with van der Waals surface area (Å²) in [6.45, 7) is 0.435. The lowest BCUT2D eigenvalue weighted by Crippen LogP contribution is -1.93. The highest BCUT2D eigenvalue weighted by atomic mass is 127. The summed E-state index contributed by atoms with van der Waals surface area (Å²) in [5.41, 5.74) is 5.88. The predicted molar refractivity (Wildman–Crippen MR) is 57.2 cm³/mol. The molecule has 0 amide bonds. The van der Waals surface area contributed by atoms with Crippen molar-refractivity contribution in [3.8, 4) is 0 Å². The van der Waals surface area contributed by atoms with Gasteiger partial charge in [0, 0.05) is 15.7 Å². The van der Waals surface area contributed by atoms with Gasteiger partial charge in [0.2, 0.25) is 0 Å². The predicted octanol–water partition coefficient (Wildman–Crippen LogP) is 2.40. The number of hydrogen-bond donors (Lipinski definition) is 1. The molecule has 0 unspecified atom stereocenters. The van der Waals surface area contributed by atoms with E-state index in [1.165, 1.54) is 6.07 Å². The van der Waals surface area contributed by atoms with Crippen LogP contribution < -0.4 is 5.73 Å². The number of rotatable bonds is 2. The van der Waals surface area contributed by atoms with Crippen molar-refractivity contribution in [1.29, 1.82) is 0 Å². The number of benzene rings is 1. The van der Waals surface area contributed by atoms with E-state index in [0.29, 0.717) is 12.1 Å². The molecule has 12 heavy (non-hydrogen) atoms. The summed E-state index contributed by atoms with van der Waals surface area (Å²) in [5, 5.41) is 0. The van der Waals surface area contributed by atoms with E-state index in [9.17, 15) is 4.39 Å². The normalized spacial score (nSPS) is 10.9. The van der Waals surface area contributed by atoms with Crippen LogP contribution in [-0.2, 0) is 0 Å². The topological polar surface area (TPSA) is 26.0 Å². The van der Waals surface area contributed by atoms with E-state index in [-0.39, 0.29) is 5.82 Å². The fourth-order valence-electron chi connectivity index (χ4n) is 0.856. The summed E-state index contributed by atoms with van der Waals surface area (Å²) in [4.78, 5) is 0. The van der Waals surface area contributed by atoms with Crippen LogP contribution in [0.25, 0.3) is 6.08 Å². The molecule has 1 rings (SSSR count). The summed E-state index contributed by atoms with van der Waals surface area (Å²) in [5.74, 6) is -0.202. The van der Waals surface area contributed by atoms with Gasteiger partial charge in [0.15, 0.2) is 0 Å². The van der Waals surface area contributed by atoms with Crippen molar-refractivity contribution in [2.24, 2.45) is 5.73 Å². The van der Waals surface area contributed by atoms with Gasteiger partial charge in [-0.3, -0.25) is 0 Å². The third kappa shape index (κ3) is 2.28. The van der Waals surface area contributed by atoms with Crippen LogP contribution in [0.15, 0.2) is 24.3 Å². The van der Waals surface area contributed by atoms with Crippen LogP contribution in [0.4, 0.5) is 4.39 Å². The molecule has 0 aliphatic rings. The molecule has 0 heterocycles. The van der Waals surface area contributed by atoms with Crippen LogP contribution in [0.2, 0.25) is 0 Å². The van der Waals surface area contributed by atoms with Crippen molar-refractivity contribution in [3.63, 3.8) is 0 Å². The van der Waals surface area contributed by atoms with Gasteiger partial charge in [-0.15, -0.1) is 0 Å². The molecule has 64 valence electrons. The molecule has 1 aromatic carbocycles. The average molecular weight is 277 g/mol. The number of nitrogens with two attached hydrogens (primary N) is 1. The molecule has 0 bridgehead atoms. The van der Waals surface area contributed by atoms with Gasteiger partial charge in [-0.2, -0.15) is 0 Å². The van der Waals surface area contributed by atoms with Gasteiger partial charge in [-0.05, 0) is 34.7 Å². The Morgan fingerprint density at radius 1 is 1.50 bits per heavy atom. The smallest absolute Gasteiger partial charge is 0.131 e. The Balaban J connectivity index is 3.04. The summed E-state index contributed by atoms with van der Waals surface area (Å²) in [6, 6.07) is 5.00. The highest BCUT2D eigenvalue weighted by Gasteiger charge is 2.00. The molecule has 0 saturated heterocycles. The van der Waals surface area contributed by atoms with Gasteiger partial charge in [0.05, 0.1) is 0 Å². The quantitative estimate of drug-likeness (QED) is 0.825. The van der Waals surface area contributed by atoms with Crippen LogP contribution in [0.1, 0.15) is 5.56 Å². The largest absolute Gasteiger partial charge is 0.327 e. The maximum Gasteiger partial charge on any atom is 0.131 e. The Morgan fingerprint density at radius 3 is 2.83 bits per heavy atom. The summed E-state index contributed by atoms with van der Waals surface area (Å²) in [6.07, 6.45) is 3.44. The van der Waals surface area contributed by atoms with Crippen LogP contribution in [0, 0.1) is 9.39 Å². The minimum absolute atomic E-state index is 0.202. The van der Waals surface area contributed by atoms with E-state index in [1.807, 2.05) is 6.07 Å².